The Morgan fingerprint density at radius 3 is 2.22 bits per heavy atom. The molecule has 6 nitrogen and oxygen atoms in total. The Bertz CT molecular complexity index is 438. The van der Waals surface area contributed by atoms with Crippen LogP contribution >= 0.6 is 0 Å². The fraction of sp³-hybridized carbons (Fsp3) is 0.333. The van der Waals surface area contributed by atoms with Gasteiger partial charge in [0.05, 0.1) is 14.2 Å². The highest BCUT2D eigenvalue weighted by Crippen LogP contribution is 2.30. The van der Waals surface area contributed by atoms with Crippen LogP contribution < -0.4 is 0 Å². The normalized spacial score (nSPS) is 10.2. The van der Waals surface area contributed by atoms with E-state index in [0.29, 0.717) is 0 Å². The first-order valence-corrected chi connectivity index (χ1v) is 5.16. The number of ether oxygens (including phenoxy) is 2. The fourth-order valence-electron chi connectivity index (χ4n) is 1.51. The number of carbonyl (C=O) groups is 2. The van der Waals surface area contributed by atoms with Gasteiger partial charge < -0.3 is 19.7 Å². The van der Waals surface area contributed by atoms with Crippen LogP contribution in [0.5, 0.6) is 11.5 Å². The lowest BCUT2D eigenvalue weighted by molar-refractivity contribution is -0.158. The molecule has 0 saturated carbocycles. The Hall–Kier alpha value is -2.24. The molecule has 18 heavy (non-hydrogen) atoms. The third-order valence-electron chi connectivity index (χ3n) is 2.49. The molecule has 1 aromatic carbocycles. The average Bonchev–Trinajstić information content (AvgIpc) is 2.38. The van der Waals surface area contributed by atoms with E-state index >= 15 is 0 Å². The Morgan fingerprint density at radius 2 is 1.72 bits per heavy atom. The van der Waals surface area contributed by atoms with Gasteiger partial charge in [-0.2, -0.15) is 0 Å². The number of para-hydroxylation sites is 1. The molecule has 0 spiro atoms. The zero-order valence-corrected chi connectivity index (χ0v) is 10.0. The minimum Gasteiger partial charge on any atom is -0.504 e. The standard InChI is InChI=1S/C12H14O6/c1-17-11(15)8(12(16)18-2)6-7-4-3-5-9(13)10(7)14/h3-5,8,13-14H,6H2,1-2H3. The lowest BCUT2D eigenvalue weighted by atomic mass is 9.98. The van der Waals surface area contributed by atoms with E-state index in [1.165, 1.54) is 18.2 Å². The summed E-state index contributed by atoms with van der Waals surface area (Å²) in [6, 6.07) is 4.29. The second kappa shape index (κ2) is 5.90. The number of hydrogen-bond donors (Lipinski definition) is 2. The quantitative estimate of drug-likeness (QED) is 0.464. The summed E-state index contributed by atoms with van der Waals surface area (Å²) in [4.78, 5) is 22.9. The van der Waals surface area contributed by atoms with Gasteiger partial charge in [-0.3, -0.25) is 9.59 Å². The molecule has 1 aromatic rings. The molecular weight excluding hydrogens is 240 g/mol. The van der Waals surface area contributed by atoms with Gasteiger partial charge in [0, 0.05) is 6.42 Å². The first-order valence-electron chi connectivity index (χ1n) is 5.16. The first kappa shape index (κ1) is 13.8. The van der Waals surface area contributed by atoms with Crippen LogP contribution in [0.15, 0.2) is 18.2 Å². The van der Waals surface area contributed by atoms with Gasteiger partial charge >= 0.3 is 11.9 Å². The summed E-state index contributed by atoms with van der Waals surface area (Å²) >= 11 is 0. The molecule has 0 fully saturated rings. The molecule has 98 valence electrons. The number of benzene rings is 1. The topological polar surface area (TPSA) is 93.1 Å². The predicted octanol–water partition coefficient (Wildman–Crippen LogP) is 0.602. The Balaban J connectivity index is 3.00. The minimum absolute atomic E-state index is 0.112. The van der Waals surface area contributed by atoms with Crippen LogP contribution in [0, 0.1) is 5.92 Å². The third-order valence-corrected chi connectivity index (χ3v) is 2.49. The van der Waals surface area contributed by atoms with E-state index in [0.717, 1.165) is 14.2 Å². The first-order chi connectivity index (χ1) is 8.51. The second-order valence-electron chi connectivity index (χ2n) is 3.59. The zero-order valence-electron chi connectivity index (χ0n) is 10.0. The van der Waals surface area contributed by atoms with Crippen LogP contribution in [-0.4, -0.2) is 36.4 Å². The Morgan fingerprint density at radius 1 is 1.17 bits per heavy atom. The Kier molecular flexibility index (Phi) is 4.53. The summed E-state index contributed by atoms with van der Waals surface area (Å²) < 4.78 is 8.99. The fourth-order valence-corrected chi connectivity index (χ4v) is 1.51. The average molecular weight is 254 g/mol. The van der Waals surface area contributed by atoms with Gasteiger partial charge in [0.2, 0.25) is 0 Å². The van der Waals surface area contributed by atoms with E-state index < -0.39 is 17.9 Å². The van der Waals surface area contributed by atoms with Crippen molar-refractivity contribution in [2.24, 2.45) is 5.92 Å². The van der Waals surface area contributed by atoms with Gasteiger partial charge in [-0.05, 0) is 11.6 Å². The molecule has 0 atom stereocenters. The van der Waals surface area contributed by atoms with E-state index in [-0.39, 0.29) is 23.5 Å². The van der Waals surface area contributed by atoms with E-state index in [9.17, 15) is 19.8 Å². The summed E-state index contributed by atoms with van der Waals surface area (Å²) in [6.07, 6.45) is -0.112. The molecule has 0 bridgehead atoms. The van der Waals surface area contributed by atoms with Gasteiger partial charge in [0.1, 0.15) is 0 Å². The molecule has 0 amide bonds. The van der Waals surface area contributed by atoms with E-state index in [4.69, 9.17) is 0 Å². The third kappa shape index (κ3) is 2.91. The number of esters is 2. The summed E-state index contributed by atoms with van der Waals surface area (Å²) in [5.74, 6) is -3.38. The highest BCUT2D eigenvalue weighted by Gasteiger charge is 2.30. The van der Waals surface area contributed by atoms with Crippen LogP contribution in [0.3, 0.4) is 0 Å². The lowest BCUT2D eigenvalue weighted by Crippen LogP contribution is -2.28. The van der Waals surface area contributed by atoms with Crippen LogP contribution in [-0.2, 0) is 25.5 Å². The van der Waals surface area contributed by atoms with Crippen molar-refractivity contribution < 1.29 is 29.3 Å². The molecule has 0 aliphatic carbocycles. The Labute approximate surface area is 104 Å². The maximum atomic E-state index is 11.4. The maximum Gasteiger partial charge on any atom is 0.320 e. The molecule has 0 aliphatic heterocycles. The van der Waals surface area contributed by atoms with E-state index in [1.807, 2.05) is 0 Å². The lowest BCUT2D eigenvalue weighted by Gasteiger charge is -2.13. The molecule has 0 saturated heterocycles. The summed E-state index contributed by atoms with van der Waals surface area (Å²) in [7, 11) is 2.31. The van der Waals surface area contributed by atoms with Gasteiger partial charge in [-0.1, -0.05) is 12.1 Å². The number of phenols is 2. The van der Waals surface area contributed by atoms with Crippen molar-refractivity contribution in [2.45, 2.75) is 6.42 Å². The van der Waals surface area contributed by atoms with Crippen molar-refractivity contribution in [2.75, 3.05) is 14.2 Å². The monoisotopic (exact) mass is 254 g/mol. The molecule has 0 unspecified atom stereocenters. The highest BCUT2D eigenvalue weighted by atomic mass is 16.5. The van der Waals surface area contributed by atoms with Crippen molar-refractivity contribution in [3.8, 4) is 11.5 Å². The molecular formula is C12H14O6. The van der Waals surface area contributed by atoms with Crippen LogP contribution in [0.1, 0.15) is 5.56 Å². The van der Waals surface area contributed by atoms with Gasteiger partial charge in [-0.25, -0.2) is 0 Å². The number of hydrogen-bond acceptors (Lipinski definition) is 6. The molecule has 2 N–H and O–H groups in total. The molecule has 0 heterocycles. The second-order valence-corrected chi connectivity index (χ2v) is 3.59. The molecule has 0 aliphatic rings. The molecule has 0 radical (unpaired) electrons. The van der Waals surface area contributed by atoms with Crippen molar-refractivity contribution in [3.63, 3.8) is 0 Å². The van der Waals surface area contributed by atoms with Crippen molar-refractivity contribution in [1.29, 1.82) is 0 Å². The van der Waals surface area contributed by atoms with Gasteiger partial charge in [0.15, 0.2) is 17.4 Å². The molecule has 1 rings (SSSR count). The van der Waals surface area contributed by atoms with E-state index in [2.05, 4.69) is 9.47 Å². The minimum atomic E-state index is -1.17. The van der Waals surface area contributed by atoms with Crippen molar-refractivity contribution >= 4 is 11.9 Å². The van der Waals surface area contributed by atoms with Gasteiger partial charge in [0.25, 0.3) is 0 Å². The van der Waals surface area contributed by atoms with Crippen molar-refractivity contribution in [1.82, 2.24) is 0 Å². The van der Waals surface area contributed by atoms with Gasteiger partial charge in [-0.15, -0.1) is 0 Å². The van der Waals surface area contributed by atoms with Crippen molar-refractivity contribution in [3.05, 3.63) is 23.8 Å². The molecule has 0 aromatic heterocycles. The highest BCUT2D eigenvalue weighted by molar-refractivity contribution is 5.95. The number of carbonyl (C=O) groups excluding carboxylic acids is 2. The number of phenolic OH excluding ortho intramolecular Hbond substituents is 2. The van der Waals surface area contributed by atoms with Crippen LogP contribution in [0.2, 0.25) is 0 Å². The SMILES string of the molecule is COC(=O)C(Cc1cccc(O)c1O)C(=O)OC. The summed E-state index contributed by atoms with van der Waals surface area (Å²) in [6.45, 7) is 0. The summed E-state index contributed by atoms with van der Waals surface area (Å²) in [5, 5.41) is 18.9. The van der Waals surface area contributed by atoms with Crippen LogP contribution in [0.25, 0.3) is 0 Å². The largest absolute Gasteiger partial charge is 0.504 e. The zero-order chi connectivity index (χ0) is 13.7. The number of rotatable bonds is 4. The van der Waals surface area contributed by atoms with Crippen LogP contribution in [0.4, 0.5) is 0 Å². The van der Waals surface area contributed by atoms with E-state index in [1.54, 1.807) is 0 Å². The number of methoxy groups -OCH3 is 2. The smallest absolute Gasteiger partial charge is 0.320 e. The molecule has 6 heteroatoms. The summed E-state index contributed by atoms with van der Waals surface area (Å²) in [5.41, 5.74) is 0.260. The maximum absolute atomic E-state index is 11.4. The predicted molar refractivity (Wildman–Crippen MR) is 61.0 cm³/mol. The number of aromatic hydroxyl groups is 2.